The highest BCUT2D eigenvalue weighted by Crippen LogP contribution is 2.33. The van der Waals surface area contributed by atoms with E-state index < -0.39 is 0 Å². The molecule has 3 rings (SSSR count). The summed E-state index contributed by atoms with van der Waals surface area (Å²) in [6.07, 6.45) is 1.02. The summed E-state index contributed by atoms with van der Waals surface area (Å²) in [6, 6.07) is 8.98. The van der Waals surface area contributed by atoms with Gasteiger partial charge in [-0.1, -0.05) is 23.3 Å². The van der Waals surface area contributed by atoms with Gasteiger partial charge in [0.25, 0.3) is 0 Å². The van der Waals surface area contributed by atoms with Crippen LogP contribution in [0.25, 0.3) is 0 Å². The molecule has 94 valence electrons. The zero-order valence-electron chi connectivity index (χ0n) is 10.6. The number of para-hydroxylation sites is 1. The molecule has 0 bridgehead atoms. The molecule has 0 saturated heterocycles. The normalized spacial score (nSPS) is 15.8. The summed E-state index contributed by atoms with van der Waals surface area (Å²) in [4.78, 5) is 2.08. The Morgan fingerprint density at radius 3 is 3.00 bits per heavy atom. The maximum atomic E-state index is 5.72. The second-order valence-electron chi connectivity index (χ2n) is 4.46. The van der Waals surface area contributed by atoms with Gasteiger partial charge in [-0.3, -0.25) is 4.90 Å². The summed E-state index contributed by atoms with van der Waals surface area (Å²) in [6.45, 7) is 2.89. The number of anilines is 2. The van der Waals surface area contributed by atoms with Gasteiger partial charge in [0.2, 0.25) is 5.89 Å². The van der Waals surface area contributed by atoms with Crippen molar-refractivity contribution in [2.24, 2.45) is 0 Å². The van der Waals surface area contributed by atoms with Gasteiger partial charge in [-0.2, -0.15) is 0 Å². The van der Waals surface area contributed by atoms with Crippen molar-refractivity contribution in [2.45, 2.75) is 19.4 Å². The predicted octanol–water partition coefficient (Wildman–Crippen LogP) is 2.04. The molecule has 1 atom stereocenters. The van der Waals surface area contributed by atoms with Crippen LogP contribution in [0.4, 0.5) is 11.7 Å². The minimum atomic E-state index is 0.0732. The van der Waals surface area contributed by atoms with E-state index in [9.17, 15) is 0 Å². The Balaban J connectivity index is 1.91. The van der Waals surface area contributed by atoms with Crippen molar-refractivity contribution < 1.29 is 4.42 Å². The lowest BCUT2D eigenvalue weighted by molar-refractivity contribution is 0.436. The van der Waals surface area contributed by atoms with Gasteiger partial charge in [0, 0.05) is 12.2 Å². The second kappa shape index (κ2) is 4.42. The van der Waals surface area contributed by atoms with E-state index in [1.54, 1.807) is 0 Å². The summed E-state index contributed by atoms with van der Waals surface area (Å²) in [7, 11) is 1.87. The topological polar surface area (TPSA) is 54.2 Å². The van der Waals surface area contributed by atoms with Crippen molar-refractivity contribution in [3.63, 3.8) is 0 Å². The number of nitrogens with zero attached hydrogens (tertiary/aromatic N) is 3. The molecule has 2 heterocycles. The monoisotopic (exact) mass is 244 g/mol. The van der Waals surface area contributed by atoms with Crippen LogP contribution in [0.3, 0.4) is 0 Å². The fourth-order valence-corrected chi connectivity index (χ4v) is 2.17. The highest BCUT2D eigenvalue weighted by molar-refractivity contribution is 5.64. The molecule has 0 radical (unpaired) electrons. The molecule has 0 fully saturated rings. The number of nitrogens with one attached hydrogen (secondary N) is 1. The molecule has 5 nitrogen and oxygen atoms in total. The summed E-state index contributed by atoms with van der Waals surface area (Å²) in [5.74, 6) is 0.622. The molecule has 1 aliphatic rings. The van der Waals surface area contributed by atoms with Crippen LogP contribution in [0.2, 0.25) is 0 Å². The Bertz CT molecular complexity index is 551. The molecular formula is C13H16N4O. The first-order chi connectivity index (χ1) is 8.79. The summed E-state index contributed by atoms with van der Waals surface area (Å²) < 4.78 is 5.72. The van der Waals surface area contributed by atoms with Crippen LogP contribution < -0.4 is 10.2 Å². The standard InChI is InChI=1S/C13H16N4O/c1-9(14-2)12-15-16-13(18-12)17-8-7-10-5-3-4-6-11(10)17/h3-6,9,14H,7-8H2,1-2H3. The maximum Gasteiger partial charge on any atom is 0.322 e. The number of aromatic nitrogens is 2. The first-order valence-electron chi connectivity index (χ1n) is 6.15. The molecule has 1 aromatic carbocycles. The molecule has 0 amide bonds. The third-order valence-electron chi connectivity index (χ3n) is 3.35. The van der Waals surface area contributed by atoms with Crippen molar-refractivity contribution >= 4 is 11.7 Å². The van der Waals surface area contributed by atoms with Gasteiger partial charge in [-0.15, -0.1) is 5.10 Å². The third-order valence-corrected chi connectivity index (χ3v) is 3.35. The van der Waals surface area contributed by atoms with Gasteiger partial charge in [0.1, 0.15) is 0 Å². The van der Waals surface area contributed by atoms with E-state index in [-0.39, 0.29) is 6.04 Å². The fourth-order valence-electron chi connectivity index (χ4n) is 2.17. The van der Waals surface area contributed by atoms with E-state index in [1.807, 2.05) is 20.0 Å². The molecule has 0 spiro atoms. The number of hydrogen-bond donors (Lipinski definition) is 1. The first kappa shape index (κ1) is 11.2. The van der Waals surface area contributed by atoms with Crippen LogP contribution in [0.5, 0.6) is 0 Å². The van der Waals surface area contributed by atoms with Gasteiger partial charge in [-0.25, -0.2) is 0 Å². The zero-order chi connectivity index (χ0) is 12.5. The van der Waals surface area contributed by atoms with Crippen LogP contribution in [0, 0.1) is 0 Å². The third kappa shape index (κ3) is 1.76. The van der Waals surface area contributed by atoms with Crippen molar-refractivity contribution in [3.05, 3.63) is 35.7 Å². The highest BCUT2D eigenvalue weighted by atomic mass is 16.4. The van der Waals surface area contributed by atoms with Gasteiger partial charge in [0.15, 0.2) is 0 Å². The minimum Gasteiger partial charge on any atom is -0.406 e. The molecule has 0 aliphatic carbocycles. The quantitative estimate of drug-likeness (QED) is 0.895. The smallest absolute Gasteiger partial charge is 0.322 e. The zero-order valence-corrected chi connectivity index (χ0v) is 10.6. The number of benzene rings is 1. The minimum absolute atomic E-state index is 0.0732. The lowest BCUT2D eigenvalue weighted by atomic mass is 10.2. The van der Waals surface area contributed by atoms with Crippen LogP contribution in [0.1, 0.15) is 24.4 Å². The van der Waals surface area contributed by atoms with Crippen LogP contribution in [-0.4, -0.2) is 23.8 Å². The van der Waals surface area contributed by atoms with E-state index in [0.29, 0.717) is 11.9 Å². The van der Waals surface area contributed by atoms with Crippen molar-refractivity contribution in [1.29, 1.82) is 0 Å². The highest BCUT2D eigenvalue weighted by Gasteiger charge is 2.24. The summed E-state index contributed by atoms with van der Waals surface area (Å²) >= 11 is 0. The SMILES string of the molecule is CNC(C)c1nnc(N2CCc3ccccc32)o1. The van der Waals surface area contributed by atoms with Crippen LogP contribution in [0.15, 0.2) is 28.7 Å². The summed E-state index contributed by atoms with van der Waals surface area (Å²) in [5, 5.41) is 11.3. The Morgan fingerprint density at radius 2 is 2.17 bits per heavy atom. The average molecular weight is 244 g/mol. The maximum absolute atomic E-state index is 5.72. The molecule has 1 aromatic heterocycles. The average Bonchev–Trinajstić information content (AvgIpc) is 3.03. The van der Waals surface area contributed by atoms with Gasteiger partial charge >= 0.3 is 6.01 Å². The fraction of sp³-hybridized carbons (Fsp3) is 0.385. The van der Waals surface area contributed by atoms with E-state index >= 15 is 0 Å². The van der Waals surface area contributed by atoms with Gasteiger partial charge < -0.3 is 9.73 Å². The summed E-state index contributed by atoms with van der Waals surface area (Å²) in [5.41, 5.74) is 2.50. The lowest BCUT2D eigenvalue weighted by Crippen LogP contribution is -2.14. The Kier molecular flexibility index (Phi) is 2.76. The molecule has 2 aromatic rings. The largest absolute Gasteiger partial charge is 0.406 e. The van der Waals surface area contributed by atoms with Crippen LogP contribution in [-0.2, 0) is 6.42 Å². The molecule has 5 heteroatoms. The predicted molar refractivity (Wildman–Crippen MR) is 68.9 cm³/mol. The molecular weight excluding hydrogens is 228 g/mol. The van der Waals surface area contributed by atoms with Crippen LogP contribution >= 0.6 is 0 Å². The van der Waals surface area contributed by atoms with E-state index in [1.165, 1.54) is 11.3 Å². The van der Waals surface area contributed by atoms with E-state index in [2.05, 4.69) is 38.6 Å². The van der Waals surface area contributed by atoms with E-state index in [4.69, 9.17) is 4.42 Å². The Morgan fingerprint density at radius 1 is 1.33 bits per heavy atom. The second-order valence-corrected chi connectivity index (χ2v) is 4.46. The molecule has 0 saturated carbocycles. The molecule has 1 unspecified atom stereocenters. The molecule has 1 aliphatic heterocycles. The van der Waals surface area contributed by atoms with Gasteiger partial charge in [-0.05, 0) is 32.0 Å². The lowest BCUT2D eigenvalue weighted by Gasteiger charge is -2.13. The van der Waals surface area contributed by atoms with Crippen molar-refractivity contribution in [2.75, 3.05) is 18.5 Å². The number of fused-ring (bicyclic) bond motifs is 1. The number of rotatable bonds is 3. The van der Waals surface area contributed by atoms with Crippen molar-refractivity contribution in [3.8, 4) is 0 Å². The van der Waals surface area contributed by atoms with E-state index in [0.717, 1.165) is 13.0 Å². The first-order valence-corrected chi connectivity index (χ1v) is 6.15. The molecule has 18 heavy (non-hydrogen) atoms. The van der Waals surface area contributed by atoms with Gasteiger partial charge in [0.05, 0.1) is 6.04 Å². The van der Waals surface area contributed by atoms with Crippen molar-refractivity contribution in [1.82, 2.24) is 15.5 Å². The molecule has 1 N–H and O–H groups in total. The Hall–Kier alpha value is -1.88. The number of hydrogen-bond acceptors (Lipinski definition) is 5. The Labute approximate surface area is 106 Å².